The predicted molar refractivity (Wildman–Crippen MR) is 98.6 cm³/mol. The molecule has 1 fully saturated rings. The maximum Gasteiger partial charge on any atom is 0.416 e. The number of halogens is 5. The minimum absolute atomic E-state index is 0. The monoisotopic (exact) mass is 425 g/mol. The van der Waals surface area contributed by atoms with Gasteiger partial charge in [0.05, 0.1) is 22.7 Å². The summed E-state index contributed by atoms with van der Waals surface area (Å²) in [5.74, 6) is -2.16. The average molecular weight is 426 g/mol. The Kier molecular flexibility index (Phi) is 7.47. The smallest absolute Gasteiger partial charge is 0.337 e. The van der Waals surface area contributed by atoms with Gasteiger partial charge in [-0.25, -0.2) is 4.39 Å². The molecule has 1 aliphatic rings. The maximum atomic E-state index is 14.2. The van der Waals surface area contributed by atoms with Crippen molar-refractivity contribution >= 4 is 24.2 Å². The number of benzene rings is 1. The number of hydrogen-bond acceptors (Lipinski definition) is 3. The van der Waals surface area contributed by atoms with Crippen LogP contribution in [0.1, 0.15) is 43.1 Å². The lowest BCUT2D eigenvalue weighted by atomic mass is 9.96. The first-order valence-electron chi connectivity index (χ1n) is 8.61. The number of rotatable bonds is 3. The largest absolute Gasteiger partial charge is 0.416 e. The van der Waals surface area contributed by atoms with E-state index in [1.807, 2.05) is 0 Å². The van der Waals surface area contributed by atoms with Gasteiger partial charge in [0.1, 0.15) is 5.82 Å². The molecule has 1 atom stereocenters. The van der Waals surface area contributed by atoms with E-state index in [1.54, 1.807) is 25.7 Å². The number of amides is 2. The normalized spacial score (nSPS) is 17.7. The van der Waals surface area contributed by atoms with Crippen molar-refractivity contribution in [3.63, 3.8) is 0 Å². The van der Waals surface area contributed by atoms with Crippen LogP contribution in [0.3, 0.4) is 0 Å². The summed E-state index contributed by atoms with van der Waals surface area (Å²) in [5, 5.41) is 0. The standard InChI is InChI=1S/C18H23F4N3O2.ClH/c1-4-14(23)16(27)24-7-8-25(17(2,3)10-24)15(26)12-6-5-11(9-13(12)19)18(20,21)22;/h5-6,9,14H,4,7-8,10,23H2,1-3H3;1H/t14-;/m0./s1. The highest BCUT2D eigenvalue weighted by Crippen LogP contribution is 2.31. The first kappa shape index (κ1) is 24.2. The highest BCUT2D eigenvalue weighted by Gasteiger charge is 2.40. The Labute approximate surface area is 167 Å². The van der Waals surface area contributed by atoms with Crippen LogP contribution in [-0.4, -0.2) is 52.8 Å². The summed E-state index contributed by atoms with van der Waals surface area (Å²) < 4.78 is 52.2. The molecule has 1 aliphatic heterocycles. The molecule has 1 aromatic rings. The van der Waals surface area contributed by atoms with Crippen LogP contribution in [0.25, 0.3) is 0 Å². The molecule has 10 heteroatoms. The summed E-state index contributed by atoms with van der Waals surface area (Å²) in [6, 6.07) is 1.22. The van der Waals surface area contributed by atoms with Gasteiger partial charge in [-0.1, -0.05) is 6.92 Å². The molecule has 5 nitrogen and oxygen atoms in total. The van der Waals surface area contributed by atoms with Crippen molar-refractivity contribution in [3.05, 3.63) is 35.1 Å². The lowest BCUT2D eigenvalue weighted by Gasteiger charge is -2.47. The zero-order valence-electron chi connectivity index (χ0n) is 15.8. The Bertz CT molecular complexity index is 740. The first-order valence-corrected chi connectivity index (χ1v) is 8.61. The van der Waals surface area contributed by atoms with Gasteiger partial charge in [0.25, 0.3) is 5.91 Å². The minimum atomic E-state index is -4.69. The molecule has 28 heavy (non-hydrogen) atoms. The van der Waals surface area contributed by atoms with Crippen LogP contribution in [0.15, 0.2) is 18.2 Å². The molecule has 1 saturated heterocycles. The Morgan fingerprint density at radius 2 is 1.86 bits per heavy atom. The van der Waals surface area contributed by atoms with E-state index < -0.39 is 40.6 Å². The van der Waals surface area contributed by atoms with Gasteiger partial charge in [-0.3, -0.25) is 9.59 Å². The molecule has 0 radical (unpaired) electrons. The van der Waals surface area contributed by atoms with Gasteiger partial charge >= 0.3 is 6.18 Å². The number of nitrogens with zero attached hydrogens (tertiary/aromatic N) is 2. The van der Waals surface area contributed by atoms with Crippen LogP contribution in [0.2, 0.25) is 0 Å². The number of nitrogens with two attached hydrogens (primary N) is 1. The van der Waals surface area contributed by atoms with Gasteiger partial charge in [0.15, 0.2) is 0 Å². The van der Waals surface area contributed by atoms with Crippen LogP contribution in [-0.2, 0) is 11.0 Å². The van der Waals surface area contributed by atoms with E-state index in [-0.39, 0.29) is 37.9 Å². The van der Waals surface area contributed by atoms with Crippen LogP contribution in [0, 0.1) is 5.82 Å². The van der Waals surface area contributed by atoms with Crippen molar-refractivity contribution in [1.29, 1.82) is 0 Å². The molecule has 0 aromatic heterocycles. The second kappa shape index (κ2) is 8.65. The third-order valence-corrected chi connectivity index (χ3v) is 4.74. The number of carbonyl (C=O) groups excluding carboxylic acids is 2. The molecule has 1 aromatic carbocycles. The summed E-state index contributed by atoms with van der Waals surface area (Å²) in [7, 11) is 0. The summed E-state index contributed by atoms with van der Waals surface area (Å²) in [4.78, 5) is 28.0. The third kappa shape index (κ3) is 4.94. The SMILES string of the molecule is CC[C@H](N)C(=O)N1CCN(C(=O)c2ccc(C(F)(F)F)cc2F)C(C)(C)C1.Cl. The summed E-state index contributed by atoms with van der Waals surface area (Å²) in [5.41, 5.74) is 3.37. The van der Waals surface area contributed by atoms with Gasteiger partial charge in [-0.15, -0.1) is 12.4 Å². The summed E-state index contributed by atoms with van der Waals surface area (Å²) >= 11 is 0. The predicted octanol–water partition coefficient (Wildman–Crippen LogP) is 3.07. The molecule has 1 heterocycles. The van der Waals surface area contributed by atoms with Crippen molar-refractivity contribution in [2.45, 2.75) is 44.9 Å². The van der Waals surface area contributed by atoms with Crippen molar-refractivity contribution < 1.29 is 27.2 Å². The van der Waals surface area contributed by atoms with Crippen LogP contribution in [0.5, 0.6) is 0 Å². The fourth-order valence-corrected chi connectivity index (χ4v) is 3.14. The highest BCUT2D eigenvalue weighted by atomic mass is 35.5. The molecule has 2 N–H and O–H groups in total. The lowest BCUT2D eigenvalue weighted by Crippen LogP contribution is -2.63. The second-order valence-electron chi connectivity index (χ2n) is 7.24. The number of piperazine rings is 1. The number of hydrogen-bond donors (Lipinski definition) is 1. The van der Waals surface area contributed by atoms with Crippen molar-refractivity contribution in [2.75, 3.05) is 19.6 Å². The molecule has 2 rings (SSSR count). The molecule has 0 saturated carbocycles. The average Bonchev–Trinajstić information content (AvgIpc) is 2.58. The third-order valence-electron chi connectivity index (χ3n) is 4.74. The van der Waals surface area contributed by atoms with Crippen molar-refractivity contribution in [2.24, 2.45) is 5.73 Å². The highest BCUT2D eigenvalue weighted by molar-refractivity contribution is 5.95. The minimum Gasteiger partial charge on any atom is -0.337 e. The molecule has 0 spiro atoms. The van der Waals surface area contributed by atoms with Crippen LogP contribution < -0.4 is 5.73 Å². The Balaban J connectivity index is 0.00000392. The maximum absolute atomic E-state index is 14.2. The summed E-state index contributed by atoms with van der Waals surface area (Å²) in [6.45, 7) is 5.78. The first-order chi connectivity index (χ1) is 12.4. The molecule has 2 amide bonds. The van der Waals surface area contributed by atoms with E-state index in [2.05, 4.69) is 0 Å². The van der Waals surface area contributed by atoms with E-state index in [0.717, 1.165) is 6.07 Å². The molecule has 158 valence electrons. The van der Waals surface area contributed by atoms with E-state index in [4.69, 9.17) is 5.73 Å². The van der Waals surface area contributed by atoms with E-state index in [1.165, 1.54) is 4.90 Å². The van der Waals surface area contributed by atoms with Gasteiger partial charge < -0.3 is 15.5 Å². The fraction of sp³-hybridized carbons (Fsp3) is 0.556. The van der Waals surface area contributed by atoms with Gasteiger partial charge in [-0.05, 0) is 38.5 Å². The zero-order valence-corrected chi connectivity index (χ0v) is 16.7. The van der Waals surface area contributed by atoms with Crippen molar-refractivity contribution in [1.82, 2.24) is 9.80 Å². The van der Waals surface area contributed by atoms with Crippen molar-refractivity contribution in [3.8, 4) is 0 Å². The number of carbonyl (C=O) groups is 2. The zero-order chi connectivity index (χ0) is 20.6. The quantitative estimate of drug-likeness (QED) is 0.757. The molecule has 0 bridgehead atoms. The van der Waals surface area contributed by atoms with Gasteiger partial charge in [0.2, 0.25) is 5.91 Å². The van der Waals surface area contributed by atoms with Gasteiger partial charge in [-0.2, -0.15) is 13.2 Å². The second-order valence-corrected chi connectivity index (χ2v) is 7.24. The molecular weight excluding hydrogens is 402 g/mol. The molecule has 0 unspecified atom stereocenters. The fourth-order valence-electron chi connectivity index (χ4n) is 3.14. The number of alkyl halides is 3. The van der Waals surface area contributed by atoms with E-state index in [9.17, 15) is 27.2 Å². The molecular formula is C18H24ClF4N3O2. The Morgan fingerprint density at radius 3 is 2.32 bits per heavy atom. The van der Waals surface area contributed by atoms with E-state index >= 15 is 0 Å². The van der Waals surface area contributed by atoms with Crippen LogP contribution >= 0.6 is 12.4 Å². The Hall–Kier alpha value is -1.87. The van der Waals surface area contributed by atoms with E-state index in [0.29, 0.717) is 18.6 Å². The summed E-state index contributed by atoms with van der Waals surface area (Å²) in [6.07, 6.45) is -4.21. The van der Waals surface area contributed by atoms with Crippen LogP contribution in [0.4, 0.5) is 17.6 Å². The van der Waals surface area contributed by atoms with Gasteiger partial charge in [0, 0.05) is 19.6 Å². The molecule has 0 aliphatic carbocycles. The Morgan fingerprint density at radius 1 is 1.25 bits per heavy atom. The topological polar surface area (TPSA) is 66.6 Å². The lowest BCUT2D eigenvalue weighted by molar-refractivity contribution is -0.138.